The lowest BCUT2D eigenvalue weighted by molar-refractivity contribution is -0.0530. The fraction of sp³-hybridized carbons (Fsp3) is 0.562. The number of benzene rings is 1. The summed E-state index contributed by atoms with van der Waals surface area (Å²) in [5.41, 5.74) is 3.71. The smallest absolute Gasteiger partial charge is 0.322 e. The van der Waals surface area contributed by atoms with Gasteiger partial charge in [0.2, 0.25) is 0 Å². The number of amides is 2. The number of nitrogens with one attached hydrogen (secondary N) is 1. The Kier molecular flexibility index (Phi) is 3.66. The summed E-state index contributed by atoms with van der Waals surface area (Å²) < 4.78 is 5.66. The molecule has 108 valence electrons. The first-order valence-electron chi connectivity index (χ1n) is 7.45. The van der Waals surface area contributed by atoms with Gasteiger partial charge in [0.15, 0.2) is 0 Å². The predicted molar refractivity (Wildman–Crippen MR) is 79.1 cm³/mol. The van der Waals surface area contributed by atoms with Crippen LogP contribution in [0.2, 0.25) is 0 Å². The molecule has 0 bridgehead atoms. The molecule has 1 N–H and O–H groups in total. The second-order valence-electron chi connectivity index (χ2n) is 5.93. The second-order valence-corrected chi connectivity index (χ2v) is 5.93. The van der Waals surface area contributed by atoms with Crippen LogP contribution in [0.15, 0.2) is 18.2 Å². The Labute approximate surface area is 120 Å². The normalized spacial score (nSPS) is 25.4. The van der Waals surface area contributed by atoms with Crippen molar-refractivity contribution < 1.29 is 9.53 Å². The van der Waals surface area contributed by atoms with Crippen molar-refractivity contribution in [1.29, 1.82) is 0 Å². The SMILES string of the molecule is C[C@@H]1CN(C(=O)Nc2ccc3c(c2)CCC3)C[C@@H](C)O1. The van der Waals surface area contributed by atoms with Crippen LogP contribution in [0.3, 0.4) is 0 Å². The van der Waals surface area contributed by atoms with Gasteiger partial charge in [-0.25, -0.2) is 4.79 Å². The number of ether oxygens (including phenoxy) is 1. The molecule has 2 aliphatic rings. The van der Waals surface area contributed by atoms with E-state index in [9.17, 15) is 4.79 Å². The Hall–Kier alpha value is -1.55. The van der Waals surface area contributed by atoms with E-state index in [-0.39, 0.29) is 18.2 Å². The highest BCUT2D eigenvalue weighted by Gasteiger charge is 2.26. The van der Waals surface area contributed by atoms with Crippen molar-refractivity contribution >= 4 is 11.7 Å². The number of urea groups is 1. The van der Waals surface area contributed by atoms with Gasteiger partial charge in [-0.2, -0.15) is 0 Å². The summed E-state index contributed by atoms with van der Waals surface area (Å²) in [6.45, 7) is 5.32. The maximum Gasteiger partial charge on any atom is 0.322 e. The van der Waals surface area contributed by atoms with Crippen molar-refractivity contribution in [3.8, 4) is 0 Å². The quantitative estimate of drug-likeness (QED) is 0.855. The minimum absolute atomic E-state index is 0.0232. The number of hydrogen-bond donors (Lipinski definition) is 1. The molecular weight excluding hydrogens is 252 g/mol. The molecule has 0 unspecified atom stereocenters. The monoisotopic (exact) mass is 274 g/mol. The Morgan fingerprint density at radius 1 is 1.20 bits per heavy atom. The molecule has 4 nitrogen and oxygen atoms in total. The number of morpholine rings is 1. The standard InChI is InChI=1S/C16H22N2O2/c1-11-9-18(10-12(2)20-11)16(19)17-15-7-6-13-4-3-5-14(13)8-15/h6-8,11-12H,3-5,9-10H2,1-2H3,(H,17,19)/t11-,12-/m1/s1. The molecule has 3 rings (SSSR count). The molecular formula is C16H22N2O2. The third-order valence-corrected chi connectivity index (χ3v) is 4.06. The molecule has 0 radical (unpaired) electrons. The van der Waals surface area contributed by atoms with Crippen molar-refractivity contribution in [2.24, 2.45) is 0 Å². The molecule has 2 amide bonds. The summed E-state index contributed by atoms with van der Waals surface area (Å²) >= 11 is 0. The third-order valence-electron chi connectivity index (χ3n) is 4.06. The third kappa shape index (κ3) is 2.80. The van der Waals surface area contributed by atoms with E-state index >= 15 is 0 Å². The Balaban J connectivity index is 1.66. The van der Waals surface area contributed by atoms with E-state index < -0.39 is 0 Å². The fourth-order valence-corrected chi connectivity index (χ4v) is 3.20. The Bertz CT molecular complexity index is 505. The molecule has 0 aromatic heterocycles. The average Bonchev–Trinajstić information content (AvgIpc) is 2.85. The molecule has 20 heavy (non-hydrogen) atoms. The molecule has 1 aromatic carbocycles. The maximum atomic E-state index is 12.3. The van der Waals surface area contributed by atoms with E-state index in [1.54, 1.807) is 0 Å². The molecule has 1 heterocycles. The van der Waals surface area contributed by atoms with Crippen LogP contribution in [0, 0.1) is 0 Å². The summed E-state index contributed by atoms with van der Waals surface area (Å²) in [5, 5.41) is 3.01. The van der Waals surface area contributed by atoms with Crippen molar-refractivity contribution in [2.45, 2.75) is 45.3 Å². The molecule has 4 heteroatoms. The fourth-order valence-electron chi connectivity index (χ4n) is 3.20. The van der Waals surface area contributed by atoms with Gasteiger partial charge in [-0.15, -0.1) is 0 Å². The highest BCUT2D eigenvalue weighted by molar-refractivity contribution is 5.89. The zero-order valence-electron chi connectivity index (χ0n) is 12.2. The van der Waals surface area contributed by atoms with Crippen molar-refractivity contribution in [1.82, 2.24) is 4.90 Å². The van der Waals surface area contributed by atoms with Crippen LogP contribution in [-0.4, -0.2) is 36.2 Å². The van der Waals surface area contributed by atoms with Gasteiger partial charge >= 0.3 is 6.03 Å². The van der Waals surface area contributed by atoms with Crippen LogP contribution in [0.5, 0.6) is 0 Å². The van der Waals surface area contributed by atoms with E-state index in [1.807, 2.05) is 24.8 Å². The highest BCUT2D eigenvalue weighted by atomic mass is 16.5. The largest absolute Gasteiger partial charge is 0.372 e. The number of hydrogen-bond acceptors (Lipinski definition) is 2. The van der Waals surface area contributed by atoms with E-state index in [4.69, 9.17) is 4.74 Å². The van der Waals surface area contributed by atoms with Crippen LogP contribution in [0.4, 0.5) is 10.5 Å². The Morgan fingerprint density at radius 2 is 1.90 bits per heavy atom. The van der Waals surface area contributed by atoms with Gasteiger partial charge in [0.05, 0.1) is 12.2 Å². The van der Waals surface area contributed by atoms with Gasteiger partial charge in [0, 0.05) is 18.8 Å². The number of anilines is 1. The van der Waals surface area contributed by atoms with Gasteiger partial charge in [0.1, 0.15) is 0 Å². The second kappa shape index (κ2) is 5.44. The molecule has 0 saturated carbocycles. The lowest BCUT2D eigenvalue weighted by Crippen LogP contribution is -2.49. The van der Waals surface area contributed by atoms with E-state index in [0.717, 1.165) is 12.1 Å². The van der Waals surface area contributed by atoms with Crippen LogP contribution in [-0.2, 0) is 17.6 Å². The lowest BCUT2D eigenvalue weighted by Gasteiger charge is -2.35. The summed E-state index contributed by atoms with van der Waals surface area (Å²) in [5.74, 6) is 0. The first-order valence-corrected chi connectivity index (χ1v) is 7.45. The first-order chi connectivity index (χ1) is 9.61. The average molecular weight is 274 g/mol. The zero-order chi connectivity index (χ0) is 14.1. The number of aryl methyl sites for hydroxylation is 2. The predicted octanol–water partition coefficient (Wildman–Crippen LogP) is 2.82. The molecule has 1 saturated heterocycles. The van der Waals surface area contributed by atoms with Crippen LogP contribution in [0.1, 0.15) is 31.4 Å². The number of carbonyl (C=O) groups excluding carboxylic acids is 1. The van der Waals surface area contributed by atoms with E-state index in [1.165, 1.54) is 24.0 Å². The maximum absolute atomic E-state index is 12.3. The number of rotatable bonds is 1. The molecule has 2 atom stereocenters. The first kappa shape index (κ1) is 13.4. The molecule has 0 spiro atoms. The molecule has 1 aliphatic carbocycles. The molecule has 1 aliphatic heterocycles. The molecule has 1 fully saturated rings. The van der Waals surface area contributed by atoms with Crippen molar-refractivity contribution in [3.05, 3.63) is 29.3 Å². The zero-order valence-corrected chi connectivity index (χ0v) is 12.2. The minimum Gasteiger partial charge on any atom is -0.372 e. The number of nitrogens with zero attached hydrogens (tertiary/aromatic N) is 1. The highest BCUT2D eigenvalue weighted by Crippen LogP contribution is 2.25. The van der Waals surface area contributed by atoms with E-state index in [2.05, 4.69) is 17.4 Å². The summed E-state index contributed by atoms with van der Waals surface area (Å²) in [6.07, 6.45) is 3.73. The topological polar surface area (TPSA) is 41.6 Å². The van der Waals surface area contributed by atoms with Gasteiger partial charge < -0.3 is 15.0 Å². The van der Waals surface area contributed by atoms with Crippen LogP contribution in [0.25, 0.3) is 0 Å². The number of fused-ring (bicyclic) bond motifs is 1. The summed E-state index contributed by atoms with van der Waals surface area (Å²) in [7, 11) is 0. The Morgan fingerprint density at radius 3 is 2.65 bits per heavy atom. The van der Waals surface area contributed by atoms with Crippen molar-refractivity contribution in [2.75, 3.05) is 18.4 Å². The number of carbonyl (C=O) groups is 1. The van der Waals surface area contributed by atoms with Crippen molar-refractivity contribution in [3.63, 3.8) is 0 Å². The van der Waals surface area contributed by atoms with Gasteiger partial charge in [-0.05, 0) is 56.4 Å². The van der Waals surface area contributed by atoms with Gasteiger partial charge in [0.25, 0.3) is 0 Å². The summed E-state index contributed by atoms with van der Waals surface area (Å²) in [4.78, 5) is 14.2. The van der Waals surface area contributed by atoms with Gasteiger partial charge in [-0.3, -0.25) is 0 Å². The van der Waals surface area contributed by atoms with Crippen LogP contribution < -0.4 is 5.32 Å². The van der Waals surface area contributed by atoms with E-state index in [0.29, 0.717) is 13.1 Å². The van der Waals surface area contributed by atoms with Gasteiger partial charge in [-0.1, -0.05) is 6.07 Å². The molecule has 1 aromatic rings. The minimum atomic E-state index is -0.0232. The van der Waals surface area contributed by atoms with Crippen LogP contribution >= 0.6 is 0 Å². The lowest BCUT2D eigenvalue weighted by atomic mass is 10.1. The summed E-state index contributed by atoms with van der Waals surface area (Å²) in [6, 6.07) is 6.25.